The quantitative estimate of drug-likeness (QED) is 0.444. The first-order chi connectivity index (χ1) is 6.74. The van der Waals surface area contributed by atoms with E-state index < -0.39 is 0 Å². The predicted octanol–water partition coefficient (Wildman–Crippen LogP) is 4.43. The summed E-state index contributed by atoms with van der Waals surface area (Å²) in [6, 6.07) is 5.57. The molecule has 1 aromatic carbocycles. The van der Waals surface area contributed by atoms with E-state index in [1.54, 1.807) is 12.1 Å². The monoisotopic (exact) mass is 271 g/mol. The van der Waals surface area contributed by atoms with Crippen molar-refractivity contribution in [3.63, 3.8) is 0 Å². The first-order valence-electron chi connectivity index (χ1n) is 3.86. The lowest BCUT2D eigenvalue weighted by Gasteiger charge is -1.97. The average Bonchev–Trinajstić information content (AvgIpc) is 2.18. The molecule has 0 bridgehead atoms. The van der Waals surface area contributed by atoms with Crippen LogP contribution in [0.5, 0.6) is 0 Å². The Morgan fingerprint density at radius 3 is 3.07 bits per heavy atom. The second-order valence-corrected chi connectivity index (χ2v) is 3.80. The minimum Gasteiger partial charge on any atom is -0.0899 e. The Kier molecular flexibility index (Phi) is 4.53. The highest BCUT2D eigenvalue weighted by atomic mass is 79.9. The summed E-state index contributed by atoms with van der Waals surface area (Å²) in [6.45, 7) is 0.333. The molecule has 0 N–H and O–H groups in total. The van der Waals surface area contributed by atoms with Crippen molar-refractivity contribution in [1.29, 1.82) is 0 Å². The average molecular weight is 273 g/mol. The molecule has 3 nitrogen and oxygen atoms in total. The van der Waals surface area contributed by atoms with E-state index in [0.29, 0.717) is 11.6 Å². The van der Waals surface area contributed by atoms with Gasteiger partial charge in [-0.05, 0) is 29.3 Å². The zero-order valence-electron chi connectivity index (χ0n) is 7.19. The Bertz CT molecular complexity index is 397. The van der Waals surface area contributed by atoms with E-state index in [9.17, 15) is 0 Å². The van der Waals surface area contributed by atoms with Crippen molar-refractivity contribution in [3.8, 4) is 0 Å². The highest BCUT2D eigenvalue weighted by Gasteiger charge is 1.95. The van der Waals surface area contributed by atoms with Crippen molar-refractivity contribution < 1.29 is 0 Å². The van der Waals surface area contributed by atoms with Crippen LogP contribution in [0.1, 0.15) is 5.56 Å². The lowest BCUT2D eigenvalue weighted by atomic mass is 10.2. The third-order valence-corrected chi connectivity index (χ3v) is 2.34. The van der Waals surface area contributed by atoms with Gasteiger partial charge in [0.2, 0.25) is 0 Å². The molecule has 0 amide bonds. The molecule has 0 radical (unpaired) electrons. The van der Waals surface area contributed by atoms with Crippen LogP contribution in [0, 0.1) is 0 Å². The second-order valence-electron chi connectivity index (χ2n) is 2.48. The fraction of sp³-hybridized carbons (Fsp3) is 0.111. The van der Waals surface area contributed by atoms with E-state index in [-0.39, 0.29) is 0 Å². The first kappa shape index (κ1) is 11.1. The van der Waals surface area contributed by atoms with Crippen LogP contribution < -0.4 is 0 Å². The van der Waals surface area contributed by atoms with Crippen LogP contribution in [-0.2, 0) is 0 Å². The van der Waals surface area contributed by atoms with Crippen molar-refractivity contribution in [2.75, 3.05) is 6.54 Å². The molecule has 0 heterocycles. The molecular formula is C9H7BrClN3. The molecule has 72 valence electrons. The summed E-state index contributed by atoms with van der Waals surface area (Å²) in [5.74, 6) is 0. The summed E-state index contributed by atoms with van der Waals surface area (Å²) in [5, 5.41) is 4.05. The van der Waals surface area contributed by atoms with Gasteiger partial charge >= 0.3 is 0 Å². The van der Waals surface area contributed by atoms with E-state index >= 15 is 0 Å². The molecule has 0 saturated carbocycles. The van der Waals surface area contributed by atoms with Crippen LogP contribution in [0.15, 0.2) is 33.9 Å². The number of azide groups is 1. The van der Waals surface area contributed by atoms with Crippen LogP contribution in [0.2, 0.25) is 5.02 Å². The lowest BCUT2D eigenvalue weighted by molar-refractivity contribution is 1.22. The molecule has 1 rings (SSSR count). The second kappa shape index (κ2) is 5.70. The van der Waals surface area contributed by atoms with Gasteiger partial charge in [0.15, 0.2) is 0 Å². The third kappa shape index (κ3) is 3.42. The van der Waals surface area contributed by atoms with Gasteiger partial charge in [-0.1, -0.05) is 44.8 Å². The van der Waals surface area contributed by atoms with Gasteiger partial charge in [-0.15, -0.1) is 0 Å². The number of benzene rings is 1. The summed E-state index contributed by atoms with van der Waals surface area (Å²) in [4.78, 5) is 2.64. The Hall–Kier alpha value is -0.960. The maximum Gasteiger partial charge on any atom is 0.0479 e. The summed E-state index contributed by atoms with van der Waals surface area (Å²) in [6.07, 6.45) is 3.58. The molecular weight excluding hydrogens is 265 g/mol. The molecule has 0 unspecified atom stereocenters. The van der Waals surface area contributed by atoms with E-state index in [4.69, 9.17) is 17.1 Å². The van der Waals surface area contributed by atoms with Gasteiger partial charge in [0.1, 0.15) is 0 Å². The number of halogens is 2. The van der Waals surface area contributed by atoms with Gasteiger partial charge in [-0.3, -0.25) is 0 Å². The van der Waals surface area contributed by atoms with Gasteiger partial charge in [0.05, 0.1) is 0 Å². The topological polar surface area (TPSA) is 48.8 Å². The normalized spacial score (nSPS) is 10.1. The van der Waals surface area contributed by atoms with E-state index in [1.165, 1.54) is 0 Å². The molecule has 0 aliphatic heterocycles. The van der Waals surface area contributed by atoms with Crippen molar-refractivity contribution in [2.24, 2.45) is 5.11 Å². The maximum absolute atomic E-state index is 8.05. The fourth-order valence-electron chi connectivity index (χ4n) is 0.906. The molecule has 14 heavy (non-hydrogen) atoms. The van der Waals surface area contributed by atoms with Crippen molar-refractivity contribution >= 4 is 33.6 Å². The molecule has 5 heteroatoms. The van der Waals surface area contributed by atoms with Gasteiger partial charge in [0.25, 0.3) is 0 Å². The Morgan fingerprint density at radius 1 is 1.57 bits per heavy atom. The SMILES string of the molecule is [N-]=[N+]=NCC=Cc1cc(Br)ccc1Cl. The molecule has 0 saturated heterocycles. The van der Waals surface area contributed by atoms with Crippen molar-refractivity contribution in [2.45, 2.75) is 0 Å². The van der Waals surface area contributed by atoms with E-state index in [0.717, 1.165) is 10.0 Å². The number of hydrogen-bond acceptors (Lipinski definition) is 1. The zero-order valence-corrected chi connectivity index (χ0v) is 9.53. The fourth-order valence-corrected chi connectivity index (χ4v) is 1.46. The van der Waals surface area contributed by atoms with Crippen LogP contribution in [0.25, 0.3) is 16.5 Å². The standard InChI is InChI=1S/C9H7BrClN3/c10-8-3-4-9(11)7(6-8)2-1-5-13-14-12/h1-4,6H,5H2. The highest BCUT2D eigenvalue weighted by molar-refractivity contribution is 9.10. The smallest absolute Gasteiger partial charge is 0.0479 e. The first-order valence-corrected chi connectivity index (χ1v) is 5.03. The molecule has 0 aliphatic rings. The van der Waals surface area contributed by atoms with Gasteiger partial charge in [-0.25, -0.2) is 0 Å². The Morgan fingerprint density at radius 2 is 2.36 bits per heavy atom. The lowest BCUT2D eigenvalue weighted by Crippen LogP contribution is -1.76. The number of nitrogens with zero attached hydrogens (tertiary/aromatic N) is 3. The minimum atomic E-state index is 0.333. The van der Waals surface area contributed by atoms with Gasteiger partial charge in [-0.2, -0.15) is 0 Å². The largest absolute Gasteiger partial charge is 0.0899 e. The third-order valence-electron chi connectivity index (χ3n) is 1.51. The number of hydrogen-bond donors (Lipinski definition) is 0. The maximum atomic E-state index is 8.05. The molecule has 0 atom stereocenters. The molecule has 0 spiro atoms. The summed E-state index contributed by atoms with van der Waals surface area (Å²) >= 11 is 9.28. The van der Waals surface area contributed by atoms with Crippen molar-refractivity contribution in [3.05, 3.63) is 49.8 Å². The van der Waals surface area contributed by atoms with Gasteiger partial charge < -0.3 is 0 Å². The molecule has 0 aromatic heterocycles. The predicted molar refractivity (Wildman–Crippen MR) is 62.2 cm³/mol. The molecule has 0 aliphatic carbocycles. The van der Waals surface area contributed by atoms with Crippen LogP contribution >= 0.6 is 27.5 Å². The highest BCUT2D eigenvalue weighted by Crippen LogP contribution is 2.21. The van der Waals surface area contributed by atoms with Gasteiger partial charge in [0, 0.05) is 21.0 Å². The van der Waals surface area contributed by atoms with Crippen LogP contribution in [0.3, 0.4) is 0 Å². The van der Waals surface area contributed by atoms with Crippen LogP contribution in [0.4, 0.5) is 0 Å². The molecule has 0 fully saturated rings. The minimum absolute atomic E-state index is 0.333. The van der Waals surface area contributed by atoms with E-state index in [2.05, 4.69) is 26.0 Å². The van der Waals surface area contributed by atoms with Crippen LogP contribution in [-0.4, -0.2) is 6.54 Å². The number of rotatable bonds is 3. The summed E-state index contributed by atoms with van der Waals surface area (Å²) in [7, 11) is 0. The summed E-state index contributed by atoms with van der Waals surface area (Å²) in [5.41, 5.74) is 8.95. The zero-order chi connectivity index (χ0) is 10.4. The summed E-state index contributed by atoms with van der Waals surface area (Å²) < 4.78 is 0.963. The Labute approximate surface area is 95.1 Å². The molecule has 1 aromatic rings. The van der Waals surface area contributed by atoms with Crippen molar-refractivity contribution in [1.82, 2.24) is 0 Å². The Balaban J connectivity index is 2.79. The van der Waals surface area contributed by atoms with E-state index in [1.807, 2.05) is 18.2 Å².